The molecule has 0 radical (unpaired) electrons. The molecule has 0 aliphatic heterocycles. The molecule has 1 unspecified atom stereocenters. The van der Waals surface area contributed by atoms with Crippen molar-refractivity contribution in [3.63, 3.8) is 0 Å². The van der Waals surface area contributed by atoms with E-state index in [-0.39, 0.29) is 21.3 Å². The van der Waals surface area contributed by atoms with Crippen LogP contribution in [-0.2, 0) is 0 Å². The molecule has 0 bridgehead atoms. The van der Waals surface area contributed by atoms with E-state index in [0.717, 1.165) is 12.1 Å². The van der Waals surface area contributed by atoms with E-state index in [4.69, 9.17) is 4.74 Å². The minimum atomic E-state index is -1.47. The van der Waals surface area contributed by atoms with Gasteiger partial charge < -0.3 is 9.84 Å². The van der Waals surface area contributed by atoms with Gasteiger partial charge in [0.1, 0.15) is 17.7 Å². The van der Waals surface area contributed by atoms with E-state index in [1.54, 1.807) is 0 Å². The number of hydrogen-bond acceptors (Lipinski definition) is 2. The Balaban J connectivity index is 2.55. The highest BCUT2D eigenvalue weighted by atomic mass is 79.9. The lowest BCUT2D eigenvalue weighted by molar-refractivity contribution is 0.207. The van der Waals surface area contributed by atoms with E-state index in [2.05, 4.69) is 15.9 Å². The summed E-state index contributed by atoms with van der Waals surface area (Å²) in [5.74, 6) is -2.76. The van der Waals surface area contributed by atoms with Crippen LogP contribution in [0.1, 0.15) is 17.2 Å². The van der Waals surface area contributed by atoms with Crippen molar-refractivity contribution in [1.82, 2.24) is 0 Å². The van der Waals surface area contributed by atoms with Crippen LogP contribution in [0.3, 0.4) is 0 Å². The van der Waals surface area contributed by atoms with Crippen molar-refractivity contribution in [3.05, 3.63) is 63.4 Å². The van der Waals surface area contributed by atoms with E-state index in [1.165, 1.54) is 25.3 Å². The molecule has 0 saturated carbocycles. The van der Waals surface area contributed by atoms with E-state index >= 15 is 0 Å². The first-order valence-corrected chi connectivity index (χ1v) is 6.40. The fourth-order valence-electron chi connectivity index (χ4n) is 1.83. The zero-order valence-electron chi connectivity index (χ0n) is 10.3. The van der Waals surface area contributed by atoms with Crippen molar-refractivity contribution < 1.29 is 23.0 Å². The lowest BCUT2D eigenvalue weighted by atomic mass is 10.00. The van der Waals surface area contributed by atoms with Crippen molar-refractivity contribution in [2.75, 3.05) is 7.11 Å². The van der Waals surface area contributed by atoms with Crippen molar-refractivity contribution in [2.45, 2.75) is 6.10 Å². The second-order valence-corrected chi connectivity index (χ2v) is 4.91. The topological polar surface area (TPSA) is 29.5 Å². The molecule has 0 spiro atoms. The van der Waals surface area contributed by atoms with Crippen LogP contribution < -0.4 is 4.74 Å². The Morgan fingerprint density at radius 1 is 1.10 bits per heavy atom. The fourth-order valence-corrected chi connectivity index (χ4v) is 2.19. The second-order valence-electron chi connectivity index (χ2n) is 4.05. The summed E-state index contributed by atoms with van der Waals surface area (Å²) in [5.41, 5.74) is -0.118. The average molecular weight is 347 g/mol. The Morgan fingerprint density at radius 2 is 1.80 bits per heavy atom. The molecule has 1 N–H and O–H groups in total. The lowest BCUT2D eigenvalue weighted by Crippen LogP contribution is -2.06. The van der Waals surface area contributed by atoms with Gasteiger partial charge in [0.25, 0.3) is 0 Å². The normalized spacial score (nSPS) is 12.3. The molecule has 106 valence electrons. The van der Waals surface area contributed by atoms with Gasteiger partial charge >= 0.3 is 0 Å². The minimum Gasteiger partial charge on any atom is -0.496 e. The van der Waals surface area contributed by atoms with Crippen LogP contribution in [0.15, 0.2) is 34.8 Å². The van der Waals surface area contributed by atoms with Crippen molar-refractivity contribution in [2.24, 2.45) is 0 Å². The Kier molecular flexibility index (Phi) is 4.35. The molecule has 0 fully saturated rings. The van der Waals surface area contributed by atoms with Crippen LogP contribution in [0, 0.1) is 17.5 Å². The van der Waals surface area contributed by atoms with Gasteiger partial charge in [0.2, 0.25) is 0 Å². The molecule has 2 nitrogen and oxygen atoms in total. The third kappa shape index (κ3) is 2.66. The number of hydrogen-bond donors (Lipinski definition) is 1. The number of rotatable bonds is 3. The van der Waals surface area contributed by atoms with Gasteiger partial charge in [-0.3, -0.25) is 0 Å². The third-order valence-corrected chi connectivity index (χ3v) is 3.45. The van der Waals surface area contributed by atoms with Crippen LogP contribution in [0.2, 0.25) is 0 Å². The van der Waals surface area contributed by atoms with Gasteiger partial charge in [0, 0.05) is 17.2 Å². The molecule has 0 saturated heterocycles. The predicted molar refractivity (Wildman–Crippen MR) is 71.1 cm³/mol. The van der Waals surface area contributed by atoms with Crippen molar-refractivity contribution in [1.29, 1.82) is 0 Å². The number of benzene rings is 2. The average Bonchev–Trinajstić information content (AvgIpc) is 2.43. The summed E-state index contributed by atoms with van der Waals surface area (Å²) in [6.45, 7) is 0. The fraction of sp³-hybridized carbons (Fsp3) is 0.143. The van der Waals surface area contributed by atoms with E-state index in [0.29, 0.717) is 0 Å². The monoisotopic (exact) mass is 346 g/mol. The molecule has 1 atom stereocenters. The summed E-state index contributed by atoms with van der Waals surface area (Å²) in [5, 5.41) is 10.2. The number of aliphatic hydroxyl groups is 1. The highest BCUT2D eigenvalue weighted by Gasteiger charge is 2.22. The molecular formula is C14H10BrF3O2. The molecule has 2 aromatic rings. The van der Waals surface area contributed by atoms with Gasteiger partial charge in [-0.2, -0.15) is 0 Å². The first-order chi connectivity index (χ1) is 9.45. The summed E-state index contributed by atoms with van der Waals surface area (Å²) in [6.07, 6.45) is -1.47. The summed E-state index contributed by atoms with van der Waals surface area (Å²) in [6, 6.07) is 5.80. The molecule has 6 heteroatoms. The van der Waals surface area contributed by atoms with Crippen LogP contribution in [0.5, 0.6) is 5.75 Å². The Bertz CT molecular complexity index is 647. The standard InChI is InChI=1S/C14H10BrF3O2/c1-20-12-6-11(17)9(15)5-8(12)14(19)7-3-2-4-10(16)13(7)18/h2-6,14,19H,1H3. The van der Waals surface area contributed by atoms with Crippen molar-refractivity contribution in [3.8, 4) is 5.75 Å². The molecule has 2 rings (SSSR count). The Labute approximate surface area is 121 Å². The maximum atomic E-state index is 13.7. The summed E-state index contributed by atoms with van der Waals surface area (Å²) in [4.78, 5) is 0. The van der Waals surface area contributed by atoms with Gasteiger partial charge in [-0.05, 0) is 28.1 Å². The van der Waals surface area contributed by atoms with E-state index < -0.39 is 23.6 Å². The highest BCUT2D eigenvalue weighted by Crippen LogP contribution is 2.35. The lowest BCUT2D eigenvalue weighted by Gasteiger charge is -2.16. The highest BCUT2D eigenvalue weighted by molar-refractivity contribution is 9.10. The molecule has 0 heterocycles. The maximum Gasteiger partial charge on any atom is 0.164 e. The molecule has 2 aromatic carbocycles. The van der Waals surface area contributed by atoms with Gasteiger partial charge in [-0.1, -0.05) is 12.1 Å². The molecule has 0 aliphatic carbocycles. The number of methoxy groups -OCH3 is 1. The quantitative estimate of drug-likeness (QED) is 0.911. The van der Waals surface area contributed by atoms with Gasteiger partial charge in [0.15, 0.2) is 11.6 Å². The van der Waals surface area contributed by atoms with Gasteiger partial charge in [0.05, 0.1) is 11.6 Å². The van der Waals surface area contributed by atoms with Gasteiger partial charge in [-0.15, -0.1) is 0 Å². The zero-order valence-corrected chi connectivity index (χ0v) is 11.9. The summed E-state index contributed by atoms with van der Waals surface area (Å²) >= 11 is 2.97. The zero-order chi connectivity index (χ0) is 14.9. The van der Waals surface area contributed by atoms with Crippen LogP contribution in [0.4, 0.5) is 13.2 Å². The predicted octanol–water partition coefficient (Wildman–Crippen LogP) is 3.96. The minimum absolute atomic E-state index is 0.0434. The largest absolute Gasteiger partial charge is 0.496 e. The van der Waals surface area contributed by atoms with Crippen molar-refractivity contribution >= 4 is 15.9 Å². The SMILES string of the molecule is COc1cc(F)c(Br)cc1C(O)c1cccc(F)c1F. The van der Waals surface area contributed by atoms with E-state index in [1.807, 2.05) is 0 Å². The maximum absolute atomic E-state index is 13.7. The second kappa shape index (κ2) is 5.85. The first kappa shape index (κ1) is 14.9. The smallest absolute Gasteiger partial charge is 0.164 e. The van der Waals surface area contributed by atoms with Crippen LogP contribution in [0.25, 0.3) is 0 Å². The number of halogens is 4. The number of ether oxygens (including phenoxy) is 1. The van der Waals surface area contributed by atoms with Crippen LogP contribution >= 0.6 is 15.9 Å². The van der Waals surface area contributed by atoms with Gasteiger partial charge in [-0.25, -0.2) is 13.2 Å². The van der Waals surface area contributed by atoms with Crippen LogP contribution in [-0.4, -0.2) is 12.2 Å². The third-order valence-electron chi connectivity index (χ3n) is 2.84. The summed E-state index contributed by atoms with van der Waals surface area (Å²) < 4.78 is 45.3. The van der Waals surface area contributed by atoms with E-state index in [9.17, 15) is 18.3 Å². The molecule has 0 aliphatic rings. The molecule has 0 aromatic heterocycles. The molecule has 0 amide bonds. The first-order valence-electron chi connectivity index (χ1n) is 5.60. The molecule has 20 heavy (non-hydrogen) atoms. The Hall–Kier alpha value is -1.53. The molecular weight excluding hydrogens is 337 g/mol. The summed E-state index contributed by atoms with van der Waals surface area (Å²) in [7, 11) is 1.29. The Morgan fingerprint density at radius 3 is 2.45 bits per heavy atom. The number of aliphatic hydroxyl groups excluding tert-OH is 1.